The molecule has 0 aromatic heterocycles. The van der Waals surface area contributed by atoms with Gasteiger partial charge in [0.2, 0.25) is 0 Å². The van der Waals surface area contributed by atoms with Crippen molar-refractivity contribution in [2.75, 3.05) is 47.5 Å². The summed E-state index contributed by atoms with van der Waals surface area (Å²) in [4.78, 5) is 35.3. The lowest BCUT2D eigenvalue weighted by molar-refractivity contribution is -0.870. The first-order chi connectivity index (χ1) is 26.0. The minimum absolute atomic E-state index is 0.0299. The van der Waals surface area contributed by atoms with Crippen molar-refractivity contribution in [1.82, 2.24) is 0 Å². The van der Waals surface area contributed by atoms with Crippen LogP contribution >= 0.6 is 7.82 Å². The summed E-state index contributed by atoms with van der Waals surface area (Å²) in [5, 5.41) is 0. The fraction of sp³-hybridized carbons (Fsp3) is 0.864. The molecule has 0 radical (unpaired) electrons. The van der Waals surface area contributed by atoms with Crippen molar-refractivity contribution in [3.63, 3.8) is 0 Å². The number of unbranched alkanes of at least 4 members (excludes halogenated alkanes) is 22. The van der Waals surface area contributed by atoms with Gasteiger partial charge in [0.25, 0.3) is 0 Å². The van der Waals surface area contributed by atoms with Gasteiger partial charge in [-0.05, 0) is 64.2 Å². The zero-order valence-electron chi connectivity index (χ0n) is 35.7. The number of nitrogens with zero attached hydrogens (tertiary/aromatic N) is 1. The normalized spacial score (nSPS) is 13.8. The number of carbonyl (C=O) groups is 2. The van der Waals surface area contributed by atoms with Crippen LogP contribution in [0.25, 0.3) is 0 Å². The summed E-state index contributed by atoms with van der Waals surface area (Å²) < 4.78 is 34.3. The largest absolute Gasteiger partial charge is 0.472 e. The highest BCUT2D eigenvalue weighted by atomic mass is 31.2. The van der Waals surface area contributed by atoms with Gasteiger partial charge in [0, 0.05) is 12.8 Å². The molecule has 0 amide bonds. The fourth-order valence-electron chi connectivity index (χ4n) is 5.94. The third kappa shape index (κ3) is 40.2. The molecule has 0 saturated heterocycles. The zero-order chi connectivity index (χ0) is 40.0. The van der Waals surface area contributed by atoms with E-state index < -0.39 is 26.5 Å². The Morgan fingerprint density at radius 1 is 0.556 bits per heavy atom. The number of hydrogen-bond donors (Lipinski definition) is 1. The van der Waals surface area contributed by atoms with Gasteiger partial charge in [-0.2, -0.15) is 0 Å². The maximum atomic E-state index is 12.7. The first-order valence-corrected chi connectivity index (χ1v) is 23.6. The Morgan fingerprint density at radius 3 is 1.37 bits per heavy atom. The summed E-state index contributed by atoms with van der Waals surface area (Å²) in [6, 6.07) is 0. The van der Waals surface area contributed by atoms with Crippen molar-refractivity contribution in [2.45, 2.75) is 200 Å². The molecular weight excluding hydrogens is 701 g/mol. The summed E-state index contributed by atoms with van der Waals surface area (Å²) in [5.74, 6) is -0.814. The molecule has 0 fully saturated rings. The third-order valence-corrected chi connectivity index (χ3v) is 10.4. The molecule has 0 heterocycles. The number of hydrogen-bond acceptors (Lipinski definition) is 7. The van der Waals surface area contributed by atoms with Gasteiger partial charge in [-0.25, -0.2) is 4.57 Å². The van der Waals surface area contributed by atoms with E-state index in [1.165, 1.54) is 89.9 Å². The molecule has 0 aliphatic carbocycles. The van der Waals surface area contributed by atoms with Gasteiger partial charge in [0.05, 0.1) is 27.7 Å². The molecule has 0 bridgehead atoms. The Balaban J connectivity index is 4.38. The van der Waals surface area contributed by atoms with E-state index in [2.05, 4.69) is 38.2 Å². The highest BCUT2D eigenvalue weighted by Gasteiger charge is 2.27. The number of esters is 2. The van der Waals surface area contributed by atoms with Crippen molar-refractivity contribution in [3.05, 3.63) is 24.3 Å². The van der Waals surface area contributed by atoms with Gasteiger partial charge >= 0.3 is 19.8 Å². The molecule has 0 spiro atoms. The van der Waals surface area contributed by atoms with E-state index in [1.807, 2.05) is 21.1 Å². The van der Waals surface area contributed by atoms with Crippen molar-refractivity contribution >= 4 is 19.8 Å². The average molecular weight is 787 g/mol. The monoisotopic (exact) mass is 787 g/mol. The average Bonchev–Trinajstić information content (AvgIpc) is 3.12. The van der Waals surface area contributed by atoms with E-state index in [-0.39, 0.29) is 32.0 Å². The second kappa shape index (κ2) is 37.1. The van der Waals surface area contributed by atoms with Crippen LogP contribution < -0.4 is 0 Å². The van der Waals surface area contributed by atoms with Gasteiger partial charge in [-0.3, -0.25) is 18.6 Å². The molecule has 1 N–H and O–H groups in total. The minimum Gasteiger partial charge on any atom is -0.462 e. The van der Waals surface area contributed by atoms with Crippen molar-refractivity contribution in [2.24, 2.45) is 0 Å². The molecular formula is C44H85NO8P+. The highest BCUT2D eigenvalue weighted by Crippen LogP contribution is 2.43. The molecule has 0 aromatic rings. The first-order valence-electron chi connectivity index (χ1n) is 22.1. The molecule has 54 heavy (non-hydrogen) atoms. The first kappa shape index (κ1) is 52.5. The van der Waals surface area contributed by atoms with Crippen LogP contribution in [0.2, 0.25) is 0 Å². The van der Waals surface area contributed by atoms with Crippen LogP contribution in [0, 0.1) is 0 Å². The predicted molar refractivity (Wildman–Crippen MR) is 224 cm³/mol. The lowest BCUT2D eigenvalue weighted by Crippen LogP contribution is -2.37. The van der Waals surface area contributed by atoms with Crippen LogP contribution in [0.15, 0.2) is 24.3 Å². The maximum Gasteiger partial charge on any atom is 0.472 e. The Labute approximate surface area is 332 Å². The van der Waals surface area contributed by atoms with E-state index in [9.17, 15) is 19.0 Å². The van der Waals surface area contributed by atoms with Crippen LogP contribution in [0.5, 0.6) is 0 Å². The molecule has 0 aliphatic heterocycles. The predicted octanol–water partition coefficient (Wildman–Crippen LogP) is 12.4. The molecule has 0 saturated carbocycles. The summed E-state index contributed by atoms with van der Waals surface area (Å²) in [6.07, 6.45) is 39.3. The number of likely N-dealkylation sites (N-methyl/N-ethyl adjacent to an activating group) is 1. The Bertz CT molecular complexity index is 980. The summed E-state index contributed by atoms with van der Waals surface area (Å²) >= 11 is 0. The second-order valence-corrected chi connectivity index (χ2v) is 17.5. The van der Waals surface area contributed by atoms with Crippen LogP contribution in [-0.2, 0) is 32.7 Å². The Kier molecular flexibility index (Phi) is 36.1. The lowest BCUT2D eigenvalue weighted by atomic mass is 10.1. The summed E-state index contributed by atoms with van der Waals surface area (Å²) in [6.45, 7) is 4.40. The van der Waals surface area contributed by atoms with Gasteiger partial charge < -0.3 is 18.9 Å². The molecule has 318 valence electrons. The van der Waals surface area contributed by atoms with Gasteiger partial charge in [-0.15, -0.1) is 0 Å². The lowest BCUT2D eigenvalue weighted by Gasteiger charge is -2.24. The Morgan fingerprint density at radius 2 is 0.944 bits per heavy atom. The van der Waals surface area contributed by atoms with E-state index >= 15 is 0 Å². The smallest absolute Gasteiger partial charge is 0.462 e. The number of phosphoric ester groups is 1. The molecule has 10 heteroatoms. The van der Waals surface area contributed by atoms with Crippen LogP contribution in [0.3, 0.4) is 0 Å². The van der Waals surface area contributed by atoms with Crippen LogP contribution in [-0.4, -0.2) is 74.9 Å². The second-order valence-electron chi connectivity index (χ2n) is 16.1. The minimum atomic E-state index is -4.37. The number of phosphoric acid groups is 1. The third-order valence-electron chi connectivity index (χ3n) is 9.45. The SMILES string of the molecule is CCCCCCC/C=C\CCCCCCCC(=O)OC[C@H](COP(=O)(O)OCC[N+](C)(C)C)OC(=O)CCCCCCC/C=C\CCCCCCCCC. The maximum absolute atomic E-state index is 12.7. The molecule has 0 aliphatic rings. The van der Waals surface area contributed by atoms with Gasteiger partial charge in [0.15, 0.2) is 6.10 Å². The quantitative estimate of drug-likeness (QED) is 0.0215. The van der Waals surface area contributed by atoms with Crippen molar-refractivity contribution in [1.29, 1.82) is 0 Å². The number of quaternary nitrogens is 1. The number of ether oxygens (including phenoxy) is 2. The standard InChI is InChI=1S/C44H84NO8P/c1-6-8-10-12-14-16-18-20-22-23-25-27-29-31-33-35-37-44(47)53-42(41-52-54(48,49)51-39-38-45(3,4)5)40-50-43(46)36-34-32-30-28-26-24-21-19-17-15-13-11-9-7-2/h19,21-23,42H,6-18,20,24-41H2,1-5H3/p+1/b21-19-,23-22-/t42-/m1/s1. The highest BCUT2D eigenvalue weighted by molar-refractivity contribution is 7.47. The summed E-state index contributed by atoms with van der Waals surface area (Å²) in [5.41, 5.74) is 0. The van der Waals surface area contributed by atoms with Crippen LogP contribution in [0.1, 0.15) is 194 Å². The van der Waals surface area contributed by atoms with Gasteiger partial charge in [0.1, 0.15) is 19.8 Å². The summed E-state index contributed by atoms with van der Waals surface area (Å²) in [7, 11) is 1.47. The number of carbonyl (C=O) groups excluding carboxylic acids is 2. The van der Waals surface area contributed by atoms with E-state index in [1.54, 1.807) is 0 Å². The Hall–Kier alpha value is -1.51. The van der Waals surface area contributed by atoms with Crippen LogP contribution in [0.4, 0.5) is 0 Å². The molecule has 0 rings (SSSR count). The fourth-order valence-corrected chi connectivity index (χ4v) is 6.69. The number of rotatable bonds is 40. The zero-order valence-corrected chi connectivity index (χ0v) is 36.6. The van der Waals surface area contributed by atoms with Crippen molar-refractivity contribution in [3.8, 4) is 0 Å². The number of allylic oxidation sites excluding steroid dienone is 4. The molecule has 0 aromatic carbocycles. The van der Waals surface area contributed by atoms with E-state index in [0.717, 1.165) is 70.6 Å². The van der Waals surface area contributed by atoms with Gasteiger partial charge in [-0.1, -0.05) is 141 Å². The van der Waals surface area contributed by atoms with E-state index in [0.29, 0.717) is 17.4 Å². The molecule has 9 nitrogen and oxygen atoms in total. The molecule has 1 unspecified atom stereocenters. The topological polar surface area (TPSA) is 108 Å². The van der Waals surface area contributed by atoms with E-state index in [4.69, 9.17) is 18.5 Å². The van der Waals surface area contributed by atoms with Crippen molar-refractivity contribution < 1.29 is 42.1 Å². The molecule has 2 atom stereocenters.